The second-order valence-corrected chi connectivity index (χ2v) is 6.19. The number of hydrogen-bond donors (Lipinski definition) is 0. The average molecular weight is 325 g/mol. The fourth-order valence-corrected chi connectivity index (χ4v) is 3.35. The predicted molar refractivity (Wildman–Crippen MR) is 102 cm³/mol. The summed E-state index contributed by atoms with van der Waals surface area (Å²) in [7, 11) is 0. The Labute approximate surface area is 148 Å². The molecule has 1 amide bonds. The van der Waals surface area contributed by atoms with Crippen molar-refractivity contribution < 1.29 is 4.79 Å². The molecule has 0 saturated heterocycles. The highest BCUT2D eigenvalue weighted by Gasteiger charge is 2.32. The minimum atomic E-state index is -0.113. The van der Waals surface area contributed by atoms with E-state index in [0.29, 0.717) is 6.42 Å². The van der Waals surface area contributed by atoms with Crippen LogP contribution in [0.2, 0.25) is 0 Å². The van der Waals surface area contributed by atoms with Gasteiger partial charge < -0.3 is 4.90 Å². The van der Waals surface area contributed by atoms with Crippen LogP contribution in [0.25, 0.3) is 6.08 Å². The quantitative estimate of drug-likeness (QED) is 0.659. The molecule has 1 unspecified atom stereocenters. The van der Waals surface area contributed by atoms with Gasteiger partial charge in [0, 0.05) is 5.69 Å². The minimum Gasteiger partial charge on any atom is -0.301 e. The third-order valence-corrected chi connectivity index (χ3v) is 4.55. The molecule has 3 aromatic carbocycles. The zero-order valence-corrected chi connectivity index (χ0v) is 13.9. The molecular weight excluding hydrogens is 306 g/mol. The van der Waals surface area contributed by atoms with Crippen LogP contribution in [0.4, 0.5) is 5.69 Å². The first-order chi connectivity index (χ1) is 12.3. The molecule has 25 heavy (non-hydrogen) atoms. The number of amides is 1. The summed E-state index contributed by atoms with van der Waals surface area (Å²) in [5.74, 6) is 0.146. The summed E-state index contributed by atoms with van der Waals surface area (Å²) in [6, 6.07) is 28.3. The highest BCUT2D eigenvalue weighted by atomic mass is 16.2. The van der Waals surface area contributed by atoms with E-state index in [9.17, 15) is 4.79 Å². The van der Waals surface area contributed by atoms with Gasteiger partial charge in [-0.1, -0.05) is 91.0 Å². The normalized spacial score (nSPS) is 14.7. The highest BCUT2D eigenvalue weighted by Crippen LogP contribution is 2.36. The topological polar surface area (TPSA) is 20.3 Å². The number of anilines is 1. The maximum absolute atomic E-state index is 12.7. The van der Waals surface area contributed by atoms with Crippen molar-refractivity contribution in [2.75, 3.05) is 4.90 Å². The Kier molecular flexibility index (Phi) is 4.17. The predicted octanol–water partition coefficient (Wildman–Crippen LogP) is 5.03. The lowest BCUT2D eigenvalue weighted by Crippen LogP contribution is -2.30. The number of para-hydroxylation sites is 1. The maximum Gasteiger partial charge on any atom is 0.232 e. The van der Waals surface area contributed by atoms with Crippen molar-refractivity contribution in [1.29, 1.82) is 0 Å². The summed E-state index contributed by atoms with van der Waals surface area (Å²) in [5, 5.41) is 0. The van der Waals surface area contributed by atoms with Crippen molar-refractivity contribution in [2.24, 2.45) is 0 Å². The molecule has 0 aromatic heterocycles. The van der Waals surface area contributed by atoms with Crippen LogP contribution in [-0.2, 0) is 11.2 Å². The van der Waals surface area contributed by atoms with E-state index in [4.69, 9.17) is 0 Å². The number of fused-ring (bicyclic) bond motifs is 1. The van der Waals surface area contributed by atoms with E-state index in [-0.39, 0.29) is 11.9 Å². The molecule has 0 saturated carbocycles. The van der Waals surface area contributed by atoms with E-state index in [2.05, 4.69) is 36.4 Å². The van der Waals surface area contributed by atoms with Crippen LogP contribution in [0.5, 0.6) is 0 Å². The van der Waals surface area contributed by atoms with E-state index in [0.717, 1.165) is 22.4 Å². The maximum atomic E-state index is 12.7. The van der Waals surface area contributed by atoms with E-state index in [1.54, 1.807) is 0 Å². The van der Waals surface area contributed by atoms with Gasteiger partial charge in [0.15, 0.2) is 0 Å². The van der Waals surface area contributed by atoms with Gasteiger partial charge in [-0.25, -0.2) is 0 Å². The van der Waals surface area contributed by atoms with E-state index < -0.39 is 0 Å². The SMILES string of the molecule is O=C1Cc2ccccc2N1C(/C=C/c1ccccc1)c1ccccc1. The molecule has 1 aliphatic heterocycles. The summed E-state index contributed by atoms with van der Waals surface area (Å²) in [6.45, 7) is 0. The minimum absolute atomic E-state index is 0.113. The van der Waals surface area contributed by atoms with Crippen LogP contribution in [0.15, 0.2) is 91.0 Å². The largest absolute Gasteiger partial charge is 0.301 e. The summed E-state index contributed by atoms with van der Waals surface area (Å²) in [6.07, 6.45) is 4.68. The Balaban J connectivity index is 1.76. The molecule has 0 spiro atoms. The highest BCUT2D eigenvalue weighted by molar-refractivity contribution is 6.02. The van der Waals surface area contributed by atoms with E-state index >= 15 is 0 Å². The van der Waals surface area contributed by atoms with E-state index in [1.165, 1.54) is 0 Å². The first kappa shape index (κ1) is 15.4. The standard InChI is InChI=1S/C23H19NO/c25-23-17-20-13-7-8-14-21(20)24(23)22(19-11-5-2-6-12-19)16-15-18-9-3-1-4-10-18/h1-16,22H,17H2/b16-15+. The lowest BCUT2D eigenvalue weighted by molar-refractivity contribution is -0.117. The molecule has 0 radical (unpaired) electrons. The van der Waals surface area contributed by atoms with Gasteiger partial charge in [0.2, 0.25) is 5.91 Å². The van der Waals surface area contributed by atoms with Crippen molar-refractivity contribution >= 4 is 17.7 Å². The zero-order chi connectivity index (χ0) is 17.1. The van der Waals surface area contributed by atoms with Gasteiger partial charge in [-0.2, -0.15) is 0 Å². The number of nitrogens with zero attached hydrogens (tertiary/aromatic N) is 1. The Morgan fingerprint density at radius 1 is 0.800 bits per heavy atom. The summed E-state index contributed by atoms with van der Waals surface area (Å²) >= 11 is 0. The molecule has 2 nitrogen and oxygen atoms in total. The molecule has 2 heteroatoms. The van der Waals surface area contributed by atoms with Gasteiger partial charge in [-0.3, -0.25) is 4.79 Å². The van der Waals surface area contributed by atoms with Crippen molar-refractivity contribution in [2.45, 2.75) is 12.5 Å². The number of carbonyl (C=O) groups excluding carboxylic acids is 1. The summed E-state index contributed by atoms with van der Waals surface area (Å²) in [4.78, 5) is 14.7. The van der Waals surface area contributed by atoms with Crippen molar-refractivity contribution in [3.05, 3.63) is 108 Å². The van der Waals surface area contributed by atoms with Crippen molar-refractivity contribution in [3.63, 3.8) is 0 Å². The summed E-state index contributed by atoms with van der Waals surface area (Å²) in [5.41, 5.74) is 4.35. The lowest BCUT2D eigenvalue weighted by atomic mass is 10.0. The zero-order valence-electron chi connectivity index (χ0n) is 13.9. The van der Waals surface area contributed by atoms with Gasteiger partial charge in [-0.15, -0.1) is 0 Å². The van der Waals surface area contributed by atoms with Crippen LogP contribution in [0.1, 0.15) is 22.7 Å². The van der Waals surface area contributed by atoms with Gasteiger partial charge in [0.05, 0.1) is 12.5 Å². The van der Waals surface area contributed by atoms with E-state index in [1.807, 2.05) is 65.6 Å². The summed E-state index contributed by atoms with van der Waals surface area (Å²) < 4.78 is 0. The molecule has 0 N–H and O–H groups in total. The lowest BCUT2D eigenvalue weighted by Gasteiger charge is -2.27. The number of benzene rings is 3. The third kappa shape index (κ3) is 3.11. The fraction of sp³-hybridized carbons (Fsp3) is 0.0870. The van der Waals surface area contributed by atoms with Crippen molar-refractivity contribution in [3.8, 4) is 0 Å². The van der Waals surface area contributed by atoms with Gasteiger partial charge >= 0.3 is 0 Å². The molecule has 0 fully saturated rings. The van der Waals surface area contributed by atoms with Gasteiger partial charge in [0.1, 0.15) is 0 Å². The van der Waals surface area contributed by atoms with Crippen LogP contribution >= 0.6 is 0 Å². The van der Waals surface area contributed by atoms with Crippen LogP contribution in [0, 0.1) is 0 Å². The average Bonchev–Trinajstić information content (AvgIpc) is 3.00. The Morgan fingerprint density at radius 3 is 2.20 bits per heavy atom. The van der Waals surface area contributed by atoms with Crippen LogP contribution in [0.3, 0.4) is 0 Å². The smallest absolute Gasteiger partial charge is 0.232 e. The van der Waals surface area contributed by atoms with Crippen molar-refractivity contribution in [1.82, 2.24) is 0 Å². The third-order valence-electron chi connectivity index (χ3n) is 4.55. The number of rotatable bonds is 4. The number of hydrogen-bond acceptors (Lipinski definition) is 1. The van der Waals surface area contributed by atoms with Gasteiger partial charge in [0.25, 0.3) is 0 Å². The van der Waals surface area contributed by atoms with Crippen LogP contribution in [-0.4, -0.2) is 5.91 Å². The molecule has 122 valence electrons. The first-order valence-electron chi connectivity index (χ1n) is 8.51. The molecule has 3 aromatic rings. The van der Waals surface area contributed by atoms with Crippen LogP contribution < -0.4 is 4.90 Å². The molecule has 1 atom stereocenters. The first-order valence-corrected chi connectivity index (χ1v) is 8.51. The molecule has 0 bridgehead atoms. The molecule has 1 aliphatic rings. The second kappa shape index (κ2) is 6.78. The molecule has 0 aliphatic carbocycles. The second-order valence-electron chi connectivity index (χ2n) is 6.19. The monoisotopic (exact) mass is 325 g/mol. The Bertz CT molecular complexity index is 900. The number of carbonyl (C=O) groups is 1. The van der Waals surface area contributed by atoms with Gasteiger partial charge in [-0.05, 0) is 22.8 Å². The fourth-order valence-electron chi connectivity index (χ4n) is 3.35. The molecular formula is C23H19NO. The molecule has 1 heterocycles. The Morgan fingerprint density at radius 2 is 1.44 bits per heavy atom. The molecule has 4 rings (SSSR count). The Hall–Kier alpha value is -3.13.